The Kier molecular flexibility index (Phi) is 5.23. The Morgan fingerprint density at radius 1 is 1.33 bits per heavy atom. The molecule has 1 amide bonds. The van der Waals surface area contributed by atoms with Gasteiger partial charge in [0.2, 0.25) is 5.91 Å². The van der Waals surface area contributed by atoms with Crippen molar-refractivity contribution < 1.29 is 4.79 Å². The number of benzene rings is 1. The molecule has 0 saturated heterocycles. The molecule has 0 radical (unpaired) electrons. The highest BCUT2D eigenvalue weighted by Crippen LogP contribution is 2.29. The number of nitrogens with one attached hydrogen (secondary N) is 1. The number of alkyl halides is 1. The molecule has 2 nitrogen and oxygen atoms in total. The second kappa shape index (κ2) is 6.21. The van der Waals surface area contributed by atoms with Gasteiger partial charge in [0.25, 0.3) is 0 Å². The first-order chi connectivity index (χ1) is 7.15. The molecule has 1 rings (SSSR count). The highest BCUT2D eigenvalue weighted by Gasteiger charge is 2.07. The summed E-state index contributed by atoms with van der Waals surface area (Å²) in [5.41, 5.74) is 0.531. The fourth-order valence-electron chi connectivity index (χ4n) is 1.04. The quantitative estimate of drug-likeness (QED) is 0.822. The van der Waals surface area contributed by atoms with Gasteiger partial charge in [0.15, 0.2) is 0 Å². The van der Waals surface area contributed by atoms with E-state index in [0.717, 1.165) is 0 Å². The smallest absolute Gasteiger partial charge is 0.224 e. The van der Waals surface area contributed by atoms with Crippen LogP contribution in [0.1, 0.15) is 12.8 Å². The number of carbonyl (C=O) groups is 1. The molecule has 5 heteroatoms. The maximum absolute atomic E-state index is 11.4. The van der Waals surface area contributed by atoms with Gasteiger partial charge in [-0.05, 0) is 18.6 Å². The lowest BCUT2D eigenvalue weighted by atomic mass is 10.3. The monoisotopic (exact) mass is 265 g/mol. The maximum atomic E-state index is 11.4. The summed E-state index contributed by atoms with van der Waals surface area (Å²) in [4.78, 5) is 11.4. The SMILES string of the molecule is O=C(CCCCl)Nc1cccc(Cl)c1Cl. The third-order valence-electron chi connectivity index (χ3n) is 1.76. The molecule has 0 bridgehead atoms. The number of rotatable bonds is 4. The molecule has 0 saturated carbocycles. The summed E-state index contributed by atoms with van der Waals surface area (Å²) >= 11 is 17.2. The molecule has 0 aromatic heterocycles. The van der Waals surface area contributed by atoms with E-state index in [0.29, 0.717) is 34.5 Å². The van der Waals surface area contributed by atoms with Crippen molar-refractivity contribution in [2.45, 2.75) is 12.8 Å². The van der Waals surface area contributed by atoms with Crippen LogP contribution >= 0.6 is 34.8 Å². The molecule has 0 aliphatic carbocycles. The van der Waals surface area contributed by atoms with Crippen molar-refractivity contribution in [1.29, 1.82) is 0 Å². The zero-order valence-electron chi connectivity index (χ0n) is 7.90. The molecule has 0 heterocycles. The zero-order valence-corrected chi connectivity index (χ0v) is 10.2. The molecule has 1 N–H and O–H groups in total. The van der Waals surface area contributed by atoms with E-state index in [4.69, 9.17) is 34.8 Å². The molecule has 82 valence electrons. The predicted molar refractivity (Wildman–Crippen MR) is 65.0 cm³/mol. The van der Waals surface area contributed by atoms with Crippen LogP contribution in [0.2, 0.25) is 10.0 Å². The average molecular weight is 267 g/mol. The van der Waals surface area contributed by atoms with Gasteiger partial charge in [-0.1, -0.05) is 29.3 Å². The van der Waals surface area contributed by atoms with Crippen LogP contribution in [0.15, 0.2) is 18.2 Å². The Labute approximate surface area is 104 Å². The minimum absolute atomic E-state index is 0.111. The number of carbonyl (C=O) groups excluding carboxylic acids is 1. The molecule has 15 heavy (non-hydrogen) atoms. The van der Waals surface area contributed by atoms with Crippen LogP contribution < -0.4 is 5.32 Å². The van der Waals surface area contributed by atoms with E-state index in [9.17, 15) is 4.79 Å². The molecule has 0 atom stereocenters. The second-order valence-electron chi connectivity index (χ2n) is 2.94. The Balaban J connectivity index is 2.64. The lowest BCUT2D eigenvalue weighted by molar-refractivity contribution is -0.116. The van der Waals surface area contributed by atoms with Crippen molar-refractivity contribution in [2.75, 3.05) is 11.2 Å². The van der Waals surface area contributed by atoms with E-state index < -0.39 is 0 Å². The first-order valence-corrected chi connectivity index (χ1v) is 5.74. The van der Waals surface area contributed by atoms with E-state index in [1.54, 1.807) is 18.2 Å². The van der Waals surface area contributed by atoms with Gasteiger partial charge in [-0.15, -0.1) is 11.6 Å². The summed E-state index contributed by atoms with van der Waals surface area (Å²) < 4.78 is 0. The van der Waals surface area contributed by atoms with Crippen LogP contribution in [-0.2, 0) is 4.79 Å². The minimum atomic E-state index is -0.111. The van der Waals surface area contributed by atoms with Crippen LogP contribution in [0.25, 0.3) is 0 Å². The van der Waals surface area contributed by atoms with Crippen molar-refractivity contribution in [3.8, 4) is 0 Å². The fourth-order valence-corrected chi connectivity index (χ4v) is 1.52. The molecule has 0 spiro atoms. The lowest BCUT2D eigenvalue weighted by Crippen LogP contribution is -2.11. The zero-order chi connectivity index (χ0) is 11.3. The molecule has 0 fully saturated rings. The van der Waals surface area contributed by atoms with Crippen molar-refractivity contribution in [3.05, 3.63) is 28.2 Å². The summed E-state index contributed by atoms with van der Waals surface area (Å²) in [7, 11) is 0. The van der Waals surface area contributed by atoms with Crippen LogP contribution in [0.4, 0.5) is 5.69 Å². The van der Waals surface area contributed by atoms with Gasteiger partial charge in [-0.2, -0.15) is 0 Å². The van der Waals surface area contributed by atoms with Gasteiger partial charge in [-0.3, -0.25) is 4.79 Å². The van der Waals surface area contributed by atoms with E-state index >= 15 is 0 Å². The van der Waals surface area contributed by atoms with Crippen LogP contribution in [0.3, 0.4) is 0 Å². The maximum Gasteiger partial charge on any atom is 0.224 e. The first kappa shape index (κ1) is 12.6. The van der Waals surface area contributed by atoms with Crippen molar-refractivity contribution >= 4 is 46.4 Å². The van der Waals surface area contributed by atoms with Gasteiger partial charge in [0, 0.05) is 12.3 Å². The Morgan fingerprint density at radius 3 is 2.73 bits per heavy atom. The van der Waals surface area contributed by atoms with Gasteiger partial charge >= 0.3 is 0 Å². The lowest BCUT2D eigenvalue weighted by Gasteiger charge is -2.07. The summed E-state index contributed by atoms with van der Waals surface area (Å²) in [6.07, 6.45) is 1.03. The van der Waals surface area contributed by atoms with Gasteiger partial charge in [0.05, 0.1) is 15.7 Å². The van der Waals surface area contributed by atoms with Crippen molar-refractivity contribution in [1.82, 2.24) is 0 Å². The van der Waals surface area contributed by atoms with E-state index in [1.807, 2.05) is 0 Å². The topological polar surface area (TPSA) is 29.1 Å². The summed E-state index contributed by atoms with van der Waals surface area (Å²) in [5, 5.41) is 3.45. The number of anilines is 1. The highest BCUT2D eigenvalue weighted by atomic mass is 35.5. The first-order valence-electron chi connectivity index (χ1n) is 4.45. The largest absolute Gasteiger partial charge is 0.325 e. The molecule has 0 aliphatic rings. The van der Waals surface area contributed by atoms with E-state index in [1.165, 1.54) is 0 Å². The Bertz CT molecular complexity index is 355. The second-order valence-corrected chi connectivity index (χ2v) is 4.11. The third-order valence-corrected chi connectivity index (χ3v) is 2.85. The van der Waals surface area contributed by atoms with Crippen LogP contribution in [-0.4, -0.2) is 11.8 Å². The average Bonchev–Trinajstić information content (AvgIpc) is 2.22. The van der Waals surface area contributed by atoms with Crippen LogP contribution in [0, 0.1) is 0 Å². The summed E-state index contributed by atoms with van der Waals surface area (Å²) in [6.45, 7) is 0. The molecular weight excluding hydrogens is 256 g/mol. The minimum Gasteiger partial charge on any atom is -0.325 e. The number of amides is 1. The Hall–Kier alpha value is -0.440. The molecule has 1 aromatic rings. The van der Waals surface area contributed by atoms with E-state index in [2.05, 4.69) is 5.32 Å². The summed E-state index contributed by atoms with van der Waals surface area (Å²) in [6, 6.07) is 5.09. The predicted octanol–water partition coefficient (Wildman–Crippen LogP) is 3.95. The third kappa shape index (κ3) is 3.90. The van der Waals surface area contributed by atoms with E-state index in [-0.39, 0.29) is 5.91 Å². The number of halogens is 3. The highest BCUT2D eigenvalue weighted by molar-refractivity contribution is 6.43. The number of hydrogen-bond acceptors (Lipinski definition) is 1. The van der Waals surface area contributed by atoms with Gasteiger partial charge in [0.1, 0.15) is 0 Å². The standard InChI is InChI=1S/C10H10Cl3NO/c11-6-2-5-9(15)14-8-4-1-3-7(12)10(8)13/h1,3-4H,2,5-6H2,(H,14,15). The summed E-state index contributed by atoms with van der Waals surface area (Å²) in [5.74, 6) is 0.358. The van der Waals surface area contributed by atoms with Crippen LogP contribution in [0.5, 0.6) is 0 Å². The fraction of sp³-hybridized carbons (Fsp3) is 0.300. The normalized spacial score (nSPS) is 10.1. The van der Waals surface area contributed by atoms with Crippen molar-refractivity contribution in [2.24, 2.45) is 0 Å². The molecular formula is C10H10Cl3NO. The van der Waals surface area contributed by atoms with Gasteiger partial charge in [-0.25, -0.2) is 0 Å². The Morgan fingerprint density at radius 2 is 2.07 bits per heavy atom. The molecule has 0 unspecified atom stereocenters. The molecule has 0 aliphatic heterocycles. The number of hydrogen-bond donors (Lipinski definition) is 1. The van der Waals surface area contributed by atoms with Gasteiger partial charge < -0.3 is 5.32 Å². The molecule has 1 aromatic carbocycles. The van der Waals surface area contributed by atoms with Crippen molar-refractivity contribution in [3.63, 3.8) is 0 Å².